The zero-order valence-corrected chi connectivity index (χ0v) is 48.7. The second-order valence-corrected chi connectivity index (χ2v) is 23.4. The van der Waals surface area contributed by atoms with Crippen molar-refractivity contribution in [1.29, 1.82) is 0 Å². The van der Waals surface area contributed by atoms with E-state index >= 15 is 0 Å². The molecule has 0 aromatic carbocycles. The highest BCUT2D eigenvalue weighted by atomic mass is 16.7. The third-order valence-corrected chi connectivity index (χ3v) is 16.3. The molecule has 2 bridgehead atoms. The number of esters is 2. The summed E-state index contributed by atoms with van der Waals surface area (Å²) in [5.74, 6) is -9.51. The largest absolute Gasteiger partial charge is 0.481 e. The zero-order valence-electron chi connectivity index (χ0n) is 48.7. The molecule has 2 aliphatic rings. The summed E-state index contributed by atoms with van der Waals surface area (Å²) in [6.07, 6.45) is -6.82. The van der Waals surface area contributed by atoms with Crippen LogP contribution in [0.4, 0.5) is 0 Å². The Kier molecular flexibility index (Phi) is 32.1. The number of unbranched alkanes of at least 4 members (excludes halogenated alkanes) is 3. The number of rotatable bonds is 12. The average molecular weight is 1130 g/mol. The molecule has 1 fully saturated rings. The number of aliphatic imine (C=N–C) groups is 1. The molecule has 0 saturated carbocycles. The monoisotopic (exact) mass is 1130 g/mol. The van der Waals surface area contributed by atoms with Gasteiger partial charge in [0, 0.05) is 63.5 Å². The van der Waals surface area contributed by atoms with E-state index in [1.807, 2.05) is 26.8 Å². The van der Waals surface area contributed by atoms with E-state index < -0.39 is 145 Å². The number of guanidine groups is 1. The Balaban J connectivity index is 2.47. The van der Waals surface area contributed by atoms with E-state index in [0.717, 1.165) is 37.8 Å². The van der Waals surface area contributed by atoms with Gasteiger partial charge in [-0.1, -0.05) is 77.8 Å². The summed E-state index contributed by atoms with van der Waals surface area (Å²) in [4.78, 5) is 41.8. The number of nitrogens with one attached hydrogen (secondary N) is 1. The lowest BCUT2D eigenvalue weighted by Crippen LogP contribution is -2.60. The Bertz CT molecular complexity index is 1940. The summed E-state index contributed by atoms with van der Waals surface area (Å²) >= 11 is 0. The first kappa shape index (κ1) is 71.5. The van der Waals surface area contributed by atoms with E-state index in [-0.39, 0.29) is 56.8 Å². The van der Waals surface area contributed by atoms with Crippen LogP contribution in [0.5, 0.6) is 0 Å². The molecule has 0 amide bonds. The number of hydrogen-bond donors (Lipinski definition) is 14. The van der Waals surface area contributed by atoms with E-state index in [0.29, 0.717) is 30.8 Å². The van der Waals surface area contributed by atoms with Gasteiger partial charge < -0.3 is 86.5 Å². The number of nitrogens with zero attached hydrogens (tertiary/aromatic N) is 1. The number of ether oxygens (including phenoxy) is 3. The van der Waals surface area contributed by atoms with Crippen molar-refractivity contribution in [2.24, 2.45) is 52.2 Å². The fraction of sp³-hybridized carbons (Fsp3) is 0.828. The number of carboxylic acids is 1. The van der Waals surface area contributed by atoms with Gasteiger partial charge in [-0.15, -0.1) is 0 Å². The lowest BCUT2D eigenvalue weighted by Gasteiger charge is -2.45. The van der Waals surface area contributed by atoms with Gasteiger partial charge in [-0.2, -0.15) is 0 Å². The van der Waals surface area contributed by atoms with Gasteiger partial charge in [-0.3, -0.25) is 19.4 Å². The minimum Gasteiger partial charge on any atom is -0.481 e. The van der Waals surface area contributed by atoms with Gasteiger partial charge in [0.1, 0.15) is 24.7 Å². The van der Waals surface area contributed by atoms with Crippen LogP contribution in [0.3, 0.4) is 0 Å². The van der Waals surface area contributed by atoms with Gasteiger partial charge in [0.15, 0.2) is 11.7 Å². The lowest BCUT2D eigenvalue weighted by molar-refractivity contribution is -0.333. The van der Waals surface area contributed by atoms with E-state index in [2.05, 4.69) is 16.4 Å². The van der Waals surface area contributed by atoms with Gasteiger partial charge >= 0.3 is 17.9 Å². The normalized spacial score (nSPS) is 38.1. The van der Waals surface area contributed by atoms with Crippen molar-refractivity contribution in [3.63, 3.8) is 0 Å². The number of aliphatic carboxylic acids is 1. The molecule has 79 heavy (non-hydrogen) atoms. The molecule has 21 heteroatoms. The first-order valence-electron chi connectivity index (χ1n) is 28.7. The van der Waals surface area contributed by atoms with Crippen molar-refractivity contribution in [3.05, 3.63) is 35.5 Å². The Morgan fingerprint density at radius 2 is 1.48 bits per heavy atom. The Morgan fingerprint density at radius 1 is 0.823 bits per heavy atom. The summed E-state index contributed by atoms with van der Waals surface area (Å²) < 4.78 is 17.6. The third kappa shape index (κ3) is 25.2. The highest BCUT2D eigenvalue weighted by molar-refractivity contribution is 5.90. The second kappa shape index (κ2) is 35.4. The molecular formula is C58H103N3O18. The molecule has 1 saturated heterocycles. The molecule has 2 aliphatic heterocycles. The van der Waals surface area contributed by atoms with Gasteiger partial charge in [0.05, 0.1) is 67.0 Å². The molecule has 2 rings (SSSR count). The summed E-state index contributed by atoms with van der Waals surface area (Å²) in [5.41, 5.74) is 7.39. The minimum atomic E-state index is -2.54. The zero-order chi connectivity index (χ0) is 59.9. The molecule has 0 radical (unpaired) electrons. The summed E-state index contributed by atoms with van der Waals surface area (Å²) in [7, 11) is 1.63. The third-order valence-electron chi connectivity index (χ3n) is 16.3. The van der Waals surface area contributed by atoms with Crippen molar-refractivity contribution in [3.8, 4) is 0 Å². The van der Waals surface area contributed by atoms with Crippen LogP contribution in [0.15, 0.2) is 40.4 Å². The van der Waals surface area contributed by atoms with Crippen LogP contribution in [0.2, 0.25) is 0 Å². The average Bonchev–Trinajstić information content (AvgIpc) is 3.39. The Hall–Kier alpha value is -3.58. The van der Waals surface area contributed by atoms with Crippen molar-refractivity contribution >= 4 is 23.9 Å². The number of hydrogen-bond acceptors (Lipinski definition) is 18. The Morgan fingerprint density at radius 3 is 2.13 bits per heavy atom. The molecule has 0 aliphatic carbocycles. The topological polar surface area (TPSA) is 372 Å². The molecule has 21 unspecified atom stereocenters. The summed E-state index contributed by atoms with van der Waals surface area (Å²) in [6, 6.07) is 0. The number of cyclic esters (lactones) is 1. The first-order valence-corrected chi connectivity index (χ1v) is 28.7. The number of aliphatic hydroxyl groups is 11. The van der Waals surface area contributed by atoms with Crippen LogP contribution in [0, 0.1) is 41.4 Å². The number of carbonyl (C=O) groups is 3. The number of allylic oxidation sites excluding steroid dienone is 3. The number of carboxylic acid groups (broad SMARTS) is 1. The molecule has 21 nitrogen and oxygen atoms in total. The fourth-order valence-electron chi connectivity index (χ4n) is 10.5. The molecule has 2 heterocycles. The van der Waals surface area contributed by atoms with Crippen molar-refractivity contribution in [2.75, 3.05) is 13.6 Å². The maximum atomic E-state index is 13.9. The minimum absolute atomic E-state index is 0.0732. The van der Waals surface area contributed by atoms with Crippen LogP contribution < -0.4 is 11.1 Å². The Labute approximate surface area is 469 Å². The first-order chi connectivity index (χ1) is 36.9. The molecule has 458 valence electrons. The highest BCUT2D eigenvalue weighted by Gasteiger charge is 2.50. The fourth-order valence-corrected chi connectivity index (χ4v) is 10.5. The molecule has 0 aromatic heterocycles. The standard InChI is InChI=1S/C58H103N3O18/c1-32(16-13-11-12-14-23-61-57(59)60-10)24-37(6)54-36(5)18-15-17-35(4)53(73)39(8)47(66)26-41(62)25-42(77-52(72)30-51(70)71)27-43-28-49(68)55(74)58(76,79-43)31-50(69)34(3)20-21-44(63)38(7)48(67)29-46(65)33(2)19-22-45(64)40(9)56(75)78-54/h16-17,19,22,33-34,36-50,53-55,62-69,73-74,76H,11-15,18,20-21,23-31H2,1-10H3,(H,70,71)(H3,59,60,61)/b22-19?,32-16-,35-17?. The van der Waals surface area contributed by atoms with Crippen LogP contribution >= 0.6 is 0 Å². The number of carbonyl (C=O) groups excluding carboxylic acids is 2. The predicted molar refractivity (Wildman–Crippen MR) is 298 cm³/mol. The van der Waals surface area contributed by atoms with E-state index in [9.17, 15) is 75.7 Å². The van der Waals surface area contributed by atoms with Crippen molar-refractivity contribution in [1.82, 2.24) is 5.32 Å². The SMILES string of the molecule is CN=C(N)NCCCCC/C=C(/C)CC(C)C1OC(=O)C(C)C(O)C=CC(C)C(O)CC(O)C(C)C(O)CCC(C)C(O)CC2(O)OC(CC(OC(=O)CC(=O)O)CC(O)CC(O)C(C)C(O)C(C)=CCCC1C)CC(O)C2O. The molecule has 0 spiro atoms. The van der Waals surface area contributed by atoms with Crippen molar-refractivity contribution in [2.45, 2.75) is 250 Å². The maximum absolute atomic E-state index is 13.9. The van der Waals surface area contributed by atoms with Gasteiger partial charge in [-0.25, -0.2) is 0 Å². The molecular weight excluding hydrogens is 1030 g/mol. The molecule has 21 atom stereocenters. The van der Waals surface area contributed by atoms with E-state index in [1.54, 1.807) is 54.7 Å². The number of fused-ring (bicyclic) bond motifs is 2. The molecule has 15 N–H and O–H groups in total. The van der Waals surface area contributed by atoms with Gasteiger partial charge in [0.2, 0.25) is 0 Å². The quantitative estimate of drug-likeness (QED) is 0.0333. The summed E-state index contributed by atoms with van der Waals surface area (Å²) in [5, 5.41) is 136. The van der Waals surface area contributed by atoms with E-state index in [1.165, 1.54) is 6.08 Å². The van der Waals surface area contributed by atoms with Crippen LogP contribution in [0.25, 0.3) is 0 Å². The second-order valence-electron chi connectivity index (χ2n) is 23.4. The van der Waals surface area contributed by atoms with Crippen LogP contribution in [-0.4, -0.2) is 184 Å². The van der Waals surface area contributed by atoms with Gasteiger partial charge in [0.25, 0.3) is 0 Å². The highest BCUT2D eigenvalue weighted by Crippen LogP contribution is 2.37. The lowest BCUT2D eigenvalue weighted by atomic mass is 9.83. The predicted octanol–water partition coefficient (Wildman–Crippen LogP) is 3.28. The van der Waals surface area contributed by atoms with Crippen LogP contribution in [-0.2, 0) is 28.6 Å². The maximum Gasteiger partial charge on any atom is 0.317 e. The van der Waals surface area contributed by atoms with E-state index in [4.69, 9.17) is 19.9 Å². The number of aliphatic hydroxyl groups excluding tert-OH is 10. The smallest absolute Gasteiger partial charge is 0.317 e. The number of nitrogens with two attached hydrogens (primary N) is 1. The van der Waals surface area contributed by atoms with Gasteiger partial charge in [-0.05, 0) is 102 Å². The molecule has 0 aromatic rings. The van der Waals surface area contributed by atoms with Crippen LogP contribution in [0.1, 0.15) is 165 Å². The summed E-state index contributed by atoms with van der Waals surface area (Å²) in [6.45, 7) is 16.6. The van der Waals surface area contributed by atoms with Crippen molar-refractivity contribution < 1.29 is 89.9 Å².